The van der Waals surface area contributed by atoms with Crippen molar-refractivity contribution in [1.82, 2.24) is 15.8 Å². The number of carbonyl (C=O) groups is 1. The van der Waals surface area contributed by atoms with Gasteiger partial charge in [-0.25, -0.2) is 0 Å². The van der Waals surface area contributed by atoms with Gasteiger partial charge in [0.25, 0.3) is 0 Å². The SMILES string of the molecule is Cc1noc(C)c1C(C)NC(=O)C1NCC2CCCC21. The van der Waals surface area contributed by atoms with Gasteiger partial charge in [-0.2, -0.15) is 0 Å². The van der Waals surface area contributed by atoms with Gasteiger partial charge in [0.15, 0.2) is 0 Å². The molecule has 1 saturated heterocycles. The van der Waals surface area contributed by atoms with Crippen molar-refractivity contribution in [3.8, 4) is 0 Å². The van der Waals surface area contributed by atoms with Crippen LogP contribution in [0.4, 0.5) is 0 Å². The third kappa shape index (κ3) is 2.24. The van der Waals surface area contributed by atoms with Crippen LogP contribution < -0.4 is 10.6 Å². The lowest BCUT2D eigenvalue weighted by Gasteiger charge is -2.21. The fourth-order valence-corrected chi connectivity index (χ4v) is 3.96. The summed E-state index contributed by atoms with van der Waals surface area (Å²) in [5.74, 6) is 2.12. The normalized spacial score (nSPS) is 30.2. The Morgan fingerprint density at radius 3 is 2.95 bits per heavy atom. The number of carbonyl (C=O) groups excluding carboxylic acids is 1. The number of aryl methyl sites for hydroxylation is 2. The molecular formula is C15H23N3O2. The van der Waals surface area contributed by atoms with Gasteiger partial charge in [-0.3, -0.25) is 4.79 Å². The quantitative estimate of drug-likeness (QED) is 0.885. The second-order valence-corrected chi connectivity index (χ2v) is 6.21. The zero-order valence-corrected chi connectivity index (χ0v) is 12.4. The van der Waals surface area contributed by atoms with E-state index in [0.29, 0.717) is 11.8 Å². The monoisotopic (exact) mass is 277 g/mol. The third-order valence-corrected chi connectivity index (χ3v) is 4.91. The van der Waals surface area contributed by atoms with Crippen molar-refractivity contribution < 1.29 is 9.32 Å². The predicted molar refractivity (Wildman–Crippen MR) is 75.2 cm³/mol. The largest absolute Gasteiger partial charge is 0.361 e. The van der Waals surface area contributed by atoms with Gasteiger partial charge < -0.3 is 15.2 Å². The molecule has 4 atom stereocenters. The molecule has 2 aliphatic rings. The molecule has 2 heterocycles. The minimum Gasteiger partial charge on any atom is -0.361 e. The van der Waals surface area contributed by atoms with E-state index in [9.17, 15) is 4.79 Å². The Hall–Kier alpha value is -1.36. The maximum absolute atomic E-state index is 12.5. The number of amides is 1. The van der Waals surface area contributed by atoms with Crippen molar-refractivity contribution >= 4 is 5.91 Å². The number of nitrogens with zero attached hydrogens (tertiary/aromatic N) is 1. The molecule has 5 nitrogen and oxygen atoms in total. The molecule has 1 amide bonds. The number of aromatic nitrogens is 1. The Morgan fingerprint density at radius 1 is 1.45 bits per heavy atom. The molecule has 0 aromatic carbocycles. The second-order valence-electron chi connectivity index (χ2n) is 6.21. The van der Waals surface area contributed by atoms with Crippen LogP contribution in [0.1, 0.15) is 49.2 Å². The lowest BCUT2D eigenvalue weighted by Crippen LogP contribution is -2.44. The van der Waals surface area contributed by atoms with Crippen LogP contribution in [0.3, 0.4) is 0 Å². The Morgan fingerprint density at radius 2 is 2.25 bits per heavy atom. The molecule has 1 aromatic heterocycles. The molecule has 3 rings (SSSR count). The Labute approximate surface area is 119 Å². The lowest BCUT2D eigenvalue weighted by molar-refractivity contribution is -0.124. The zero-order chi connectivity index (χ0) is 14.3. The van der Waals surface area contributed by atoms with E-state index in [1.165, 1.54) is 19.3 Å². The molecule has 1 aliphatic carbocycles. The first kappa shape index (κ1) is 13.6. The van der Waals surface area contributed by atoms with Gasteiger partial charge in [0.2, 0.25) is 5.91 Å². The Bertz CT molecular complexity index is 492. The summed E-state index contributed by atoms with van der Waals surface area (Å²) in [4.78, 5) is 12.5. The van der Waals surface area contributed by atoms with Crippen LogP contribution in [0.25, 0.3) is 0 Å². The van der Waals surface area contributed by atoms with Gasteiger partial charge in [-0.05, 0) is 52.0 Å². The molecule has 1 aromatic rings. The van der Waals surface area contributed by atoms with Crippen molar-refractivity contribution in [3.05, 3.63) is 17.0 Å². The summed E-state index contributed by atoms with van der Waals surface area (Å²) in [5.41, 5.74) is 1.85. The predicted octanol–water partition coefficient (Wildman–Crippen LogP) is 1.86. The first-order valence-corrected chi connectivity index (χ1v) is 7.54. The van der Waals surface area contributed by atoms with Gasteiger partial charge in [-0.1, -0.05) is 11.6 Å². The molecule has 5 heteroatoms. The van der Waals surface area contributed by atoms with E-state index in [1.807, 2.05) is 20.8 Å². The number of rotatable bonds is 3. The minimum absolute atomic E-state index is 0.0228. The maximum atomic E-state index is 12.5. The molecular weight excluding hydrogens is 254 g/mol. The number of hydrogen-bond donors (Lipinski definition) is 2. The topological polar surface area (TPSA) is 67.2 Å². The molecule has 1 aliphatic heterocycles. The first-order valence-electron chi connectivity index (χ1n) is 7.54. The third-order valence-electron chi connectivity index (χ3n) is 4.91. The van der Waals surface area contributed by atoms with E-state index in [4.69, 9.17) is 4.52 Å². The molecule has 2 fully saturated rings. The molecule has 110 valence electrons. The highest BCUT2D eigenvalue weighted by Gasteiger charge is 2.42. The Balaban J connectivity index is 1.67. The van der Waals surface area contributed by atoms with E-state index in [-0.39, 0.29) is 18.0 Å². The average molecular weight is 277 g/mol. The molecule has 0 bridgehead atoms. The summed E-state index contributed by atoms with van der Waals surface area (Å²) in [6.45, 7) is 6.78. The van der Waals surface area contributed by atoms with Crippen LogP contribution in [-0.2, 0) is 4.79 Å². The number of nitrogens with one attached hydrogen (secondary N) is 2. The van der Waals surface area contributed by atoms with Gasteiger partial charge in [0.1, 0.15) is 5.76 Å². The van der Waals surface area contributed by atoms with Crippen LogP contribution in [0.2, 0.25) is 0 Å². The molecule has 0 radical (unpaired) electrons. The summed E-state index contributed by atoms with van der Waals surface area (Å²) < 4.78 is 5.18. The summed E-state index contributed by atoms with van der Waals surface area (Å²) >= 11 is 0. The van der Waals surface area contributed by atoms with Gasteiger partial charge in [0, 0.05) is 5.56 Å². The summed E-state index contributed by atoms with van der Waals surface area (Å²) in [6, 6.07) is -0.0820. The fraction of sp³-hybridized carbons (Fsp3) is 0.733. The lowest BCUT2D eigenvalue weighted by atomic mass is 9.93. The second kappa shape index (κ2) is 5.20. The van der Waals surface area contributed by atoms with Crippen LogP contribution in [0, 0.1) is 25.7 Å². The summed E-state index contributed by atoms with van der Waals surface area (Å²) in [6.07, 6.45) is 3.70. The van der Waals surface area contributed by atoms with Crippen LogP contribution in [0.15, 0.2) is 4.52 Å². The van der Waals surface area contributed by atoms with Gasteiger partial charge in [0.05, 0.1) is 17.8 Å². The van der Waals surface area contributed by atoms with Crippen molar-refractivity contribution in [2.75, 3.05) is 6.54 Å². The summed E-state index contributed by atoms with van der Waals surface area (Å²) in [5, 5.41) is 10.5. The Kier molecular flexibility index (Phi) is 3.54. The van der Waals surface area contributed by atoms with Crippen LogP contribution in [0.5, 0.6) is 0 Å². The maximum Gasteiger partial charge on any atom is 0.237 e. The van der Waals surface area contributed by atoms with E-state index in [2.05, 4.69) is 15.8 Å². The van der Waals surface area contributed by atoms with Crippen molar-refractivity contribution in [3.63, 3.8) is 0 Å². The van der Waals surface area contributed by atoms with Crippen molar-refractivity contribution in [2.24, 2.45) is 11.8 Å². The van der Waals surface area contributed by atoms with E-state index in [0.717, 1.165) is 23.6 Å². The molecule has 2 N–H and O–H groups in total. The zero-order valence-electron chi connectivity index (χ0n) is 12.4. The highest BCUT2D eigenvalue weighted by molar-refractivity contribution is 5.83. The molecule has 4 unspecified atom stereocenters. The average Bonchev–Trinajstić information content (AvgIpc) is 3.04. The fourth-order valence-electron chi connectivity index (χ4n) is 3.96. The van der Waals surface area contributed by atoms with E-state index in [1.54, 1.807) is 0 Å². The van der Waals surface area contributed by atoms with Crippen molar-refractivity contribution in [1.29, 1.82) is 0 Å². The highest BCUT2D eigenvalue weighted by Crippen LogP contribution is 2.37. The van der Waals surface area contributed by atoms with E-state index >= 15 is 0 Å². The summed E-state index contributed by atoms with van der Waals surface area (Å²) in [7, 11) is 0. The number of hydrogen-bond acceptors (Lipinski definition) is 4. The van der Waals surface area contributed by atoms with Crippen LogP contribution in [-0.4, -0.2) is 23.7 Å². The smallest absolute Gasteiger partial charge is 0.237 e. The molecule has 0 spiro atoms. The van der Waals surface area contributed by atoms with Gasteiger partial charge in [-0.15, -0.1) is 0 Å². The van der Waals surface area contributed by atoms with Gasteiger partial charge >= 0.3 is 0 Å². The standard InChI is InChI=1S/C15H23N3O2/c1-8(13-9(2)18-20-10(13)3)17-15(19)14-12-6-4-5-11(12)7-16-14/h8,11-12,14,16H,4-7H2,1-3H3,(H,17,19). The molecule has 1 saturated carbocycles. The molecule has 20 heavy (non-hydrogen) atoms. The van der Waals surface area contributed by atoms with Crippen LogP contribution >= 0.6 is 0 Å². The van der Waals surface area contributed by atoms with Crippen molar-refractivity contribution in [2.45, 2.75) is 52.1 Å². The number of fused-ring (bicyclic) bond motifs is 1. The van der Waals surface area contributed by atoms with E-state index < -0.39 is 0 Å². The highest BCUT2D eigenvalue weighted by atomic mass is 16.5. The minimum atomic E-state index is -0.0593. The first-order chi connectivity index (χ1) is 9.58.